The molecule has 5 rings (SSSR count). The smallest absolute Gasteiger partial charge is 0.199 e. The predicted octanol–water partition coefficient (Wildman–Crippen LogP) is 4.76. The number of hydrogen-bond acceptors (Lipinski definition) is 3. The minimum absolute atomic E-state index is 0.604. The van der Waals surface area contributed by atoms with Crippen molar-refractivity contribution in [2.75, 3.05) is 44.3 Å². The third-order valence-corrected chi connectivity index (χ3v) is 14.2. The molecular formula is C27H38N3OSi+. The molecule has 1 aromatic rings. The van der Waals surface area contributed by atoms with Gasteiger partial charge in [-0.05, 0) is 52.2 Å². The van der Waals surface area contributed by atoms with Crippen LogP contribution < -0.4 is 10.1 Å². The minimum Gasteiger partial charge on any atom is -0.378 e. The Balaban J connectivity index is 1.68. The van der Waals surface area contributed by atoms with Gasteiger partial charge in [-0.1, -0.05) is 27.7 Å². The maximum atomic E-state index is 5.61. The number of nitrogens with zero attached hydrogens (tertiary/aromatic N) is 3. The number of fused-ring (bicyclic) bond motifs is 2. The lowest BCUT2D eigenvalue weighted by Gasteiger charge is -2.45. The number of piperidine rings is 1. The molecule has 3 aliphatic heterocycles. The van der Waals surface area contributed by atoms with E-state index in [0.29, 0.717) is 11.1 Å². The summed E-state index contributed by atoms with van der Waals surface area (Å²) >= 11 is 0. The molecule has 32 heavy (non-hydrogen) atoms. The van der Waals surface area contributed by atoms with Crippen molar-refractivity contribution in [1.29, 1.82) is 0 Å². The zero-order chi connectivity index (χ0) is 22.3. The van der Waals surface area contributed by atoms with Crippen molar-refractivity contribution in [1.82, 2.24) is 0 Å². The van der Waals surface area contributed by atoms with Gasteiger partial charge in [-0.2, -0.15) is 0 Å². The molecule has 0 unspecified atom stereocenters. The summed E-state index contributed by atoms with van der Waals surface area (Å²) in [6.45, 7) is 15.8. The number of benzene rings is 1. The molecule has 0 aromatic heterocycles. The molecule has 170 valence electrons. The summed E-state index contributed by atoms with van der Waals surface area (Å²) in [5.74, 6) is 0. The number of aliphatic imine (C=N–C) groups is 1. The highest BCUT2D eigenvalue weighted by Gasteiger charge is 2.50. The Bertz CT molecular complexity index is 996. The van der Waals surface area contributed by atoms with Gasteiger partial charge in [-0.3, -0.25) is 0 Å². The number of hydrogen-bond donors (Lipinski definition) is 0. The van der Waals surface area contributed by atoms with Crippen molar-refractivity contribution in [3.05, 3.63) is 41.6 Å². The molecule has 3 heterocycles. The Kier molecular flexibility index (Phi) is 5.97. The molecule has 0 saturated carbocycles. The second-order valence-corrected chi connectivity index (χ2v) is 15.5. The highest BCUT2D eigenvalue weighted by atomic mass is 28.3. The zero-order valence-electron chi connectivity index (χ0n) is 20.2. The quantitative estimate of drug-likeness (QED) is 0.379. The number of anilines is 1. The first-order valence-electron chi connectivity index (χ1n) is 12.6. The molecule has 4 aliphatic rings. The lowest BCUT2D eigenvalue weighted by molar-refractivity contribution is -0.535. The lowest BCUT2D eigenvalue weighted by Crippen LogP contribution is -2.59. The summed E-state index contributed by atoms with van der Waals surface area (Å²) < 4.78 is 8.21. The van der Waals surface area contributed by atoms with Gasteiger partial charge in [0, 0.05) is 43.8 Å². The van der Waals surface area contributed by atoms with Gasteiger partial charge in [0.15, 0.2) is 5.71 Å². The molecule has 0 amide bonds. The van der Waals surface area contributed by atoms with Crippen molar-refractivity contribution >= 4 is 36.1 Å². The van der Waals surface area contributed by atoms with Crippen LogP contribution >= 0.6 is 0 Å². The molecule has 0 atom stereocenters. The molecule has 4 nitrogen and oxygen atoms in total. The first-order chi connectivity index (χ1) is 15.5. The van der Waals surface area contributed by atoms with E-state index in [-0.39, 0.29) is 0 Å². The topological polar surface area (TPSA) is 27.8 Å². The zero-order valence-corrected chi connectivity index (χ0v) is 21.2. The van der Waals surface area contributed by atoms with Crippen LogP contribution in [0.25, 0.3) is 0 Å². The van der Waals surface area contributed by atoms with Gasteiger partial charge in [-0.15, -0.1) is 0 Å². The molecule has 0 spiro atoms. The Morgan fingerprint density at radius 2 is 1.69 bits per heavy atom. The standard InChI is InChI=1S/C27H38N3OSi/c1-20(2)32(21(3)4)26-18-22(29-12-6-5-7-13-29)8-10-24(26)28-25-11-9-23(19-27(25)32)30-14-16-31-17-15-30/h8-11,18-21H,5-7,12-17H2,1-4H3/q+1. The summed E-state index contributed by atoms with van der Waals surface area (Å²) in [6, 6.07) is 7.07. The fourth-order valence-electron chi connectivity index (χ4n) is 6.46. The maximum absolute atomic E-state index is 5.61. The number of rotatable bonds is 3. The van der Waals surface area contributed by atoms with E-state index in [2.05, 4.69) is 73.6 Å². The van der Waals surface area contributed by atoms with Crippen molar-refractivity contribution < 1.29 is 9.31 Å². The molecule has 0 radical (unpaired) electrons. The van der Waals surface area contributed by atoms with Crippen molar-refractivity contribution in [3.8, 4) is 0 Å². The second-order valence-electron chi connectivity index (χ2n) is 10.3. The largest absolute Gasteiger partial charge is 0.378 e. The van der Waals surface area contributed by atoms with Gasteiger partial charge in [-0.25, -0.2) is 9.57 Å². The predicted molar refractivity (Wildman–Crippen MR) is 138 cm³/mol. The van der Waals surface area contributed by atoms with Crippen LogP contribution in [0, 0.1) is 0 Å². The summed E-state index contributed by atoms with van der Waals surface area (Å²) in [5, 5.41) is 3.09. The highest BCUT2D eigenvalue weighted by Crippen LogP contribution is 2.45. The van der Waals surface area contributed by atoms with Gasteiger partial charge in [0.25, 0.3) is 0 Å². The first-order valence-corrected chi connectivity index (χ1v) is 14.8. The van der Waals surface area contributed by atoms with E-state index in [4.69, 9.17) is 9.73 Å². The SMILES string of the molecule is CC(C)[Si]1(C(C)C)C2=CC(=[N+]3CCCCC3)C=CC2=Nc2ccc(N3CCOCC3)cc21. The molecule has 2 fully saturated rings. The summed E-state index contributed by atoms with van der Waals surface area (Å²) in [4.78, 5) is 7.70. The molecule has 1 aromatic carbocycles. The van der Waals surface area contributed by atoms with Crippen LogP contribution in [0.2, 0.25) is 11.1 Å². The minimum atomic E-state index is -2.05. The normalized spacial score (nSPS) is 22.6. The van der Waals surface area contributed by atoms with Crippen molar-refractivity contribution in [2.45, 2.75) is 58.0 Å². The van der Waals surface area contributed by atoms with Crippen LogP contribution in [0.5, 0.6) is 0 Å². The van der Waals surface area contributed by atoms with Gasteiger partial charge in [0.1, 0.15) is 21.2 Å². The van der Waals surface area contributed by atoms with Crippen LogP contribution in [0.4, 0.5) is 11.4 Å². The van der Waals surface area contributed by atoms with Gasteiger partial charge >= 0.3 is 0 Å². The molecule has 5 heteroatoms. The molecule has 2 saturated heterocycles. The Morgan fingerprint density at radius 1 is 0.969 bits per heavy atom. The highest BCUT2D eigenvalue weighted by molar-refractivity contribution is 7.04. The van der Waals surface area contributed by atoms with Crippen molar-refractivity contribution in [2.24, 2.45) is 4.99 Å². The van der Waals surface area contributed by atoms with E-state index in [0.717, 1.165) is 26.3 Å². The Morgan fingerprint density at radius 3 is 2.38 bits per heavy atom. The van der Waals surface area contributed by atoms with E-state index in [1.165, 1.54) is 60.3 Å². The Labute approximate surface area is 194 Å². The third-order valence-electron chi connectivity index (χ3n) is 8.01. The van der Waals surface area contributed by atoms with Crippen molar-refractivity contribution in [3.63, 3.8) is 0 Å². The Hall–Kier alpha value is -1.98. The van der Waals surface area contributed by atoms with E-state index in [1.54, 1.807) is 5.20 Å². The number of allylic oxidation sites excluding steroid dienone is 4. The lowest BCUT2D eigenvalue weighted by atomic mass is 10.1. The fourth-order valence-corrected chi connectivity index (χ4v) is 12.5. The fraction of sp³-hybridized carbons (Fsp3) is 0.556. The van der Waals surface area contributed by atoms with Crippen LogP contribution in [0.3, 0.4) is 0 Å². The van der Waals surface area contributed by atoms with Gasteiger partial charge in [0.05, 0.1) is 24.6 Å². The van der Waals surface area contributed by atoms with E-state index in [9.17, 15) is 0 Å². The molecule has 0 bridgehead atoms. The van der Waals surface area contributed by atoms with Crippen LogP contribution in [0.1, 0.15) is 47.0 Å². The van der Waals surface area contributed by atoms with E-state index >= 15 is 0 Å². The average Bonchev–Trinajstić information content (AvgIpc) is 2.82. The second kappa shape index (κ2) is 8.75. The summed E-state index contributed by atoms with van der Waals surface area (Å²) in [5.41, 5.74) is 6.38. The molecule has 0 N–H and O–H groups in total. The first kappa shape index (κ1) is 21.8. The monoisotopic (exact) mass is 448 g/mol. The molecular weight excluding hydrogens is 410 g/mol. The average molecular weight is 449 g/mol. The number of ether oxygens (including phenoxy) is 1. The third kappa shape index (κ3) is 3.54. The maximum Gasteiger partial charge on any atom is 0.199 e. The van der Waals surface area contributed by atoms with Crippen LogP contribution in [0.15, 0.2) is 46.6 Å². The summed E-state index contributed by atoms with van der Waals surface area (Å²) in [7, 11) is -2.05. The van der Waals surface area contributed by atoms with E-state index in [1.807, 2.05) is 0 Å². The number of morpholine rings is 1. The van der Waals surface area contributed by atoms with E-state index < -0.39 is 8.07 Å². The van der Waals surface area contributed by atoms with Gasteiger partial charge in [0.2, 0.25) is 0 Å². The summed E-state index contributed by atoms with van der Waals surface area (Å²) in [6.07, 6.45) is 11.2. The van der Waals surface area contributed by atoms with Gasteiger partial charge < -0.3 is 9.64 Å². The van der Waals surface area contributed by atoms with Crippen LogP contribution in [-0.4, -0.2) is 63.5 Å². The van der Waals surface area contributed by atoms with Crippen LogP contribution in [-0.2, 0) is 4.74 Å². The molecule has 1 aliphatic carbocycles.